The maximum atomic E-state index is 4.59. The summed E-state index contributed by atoms with van der Waals surface area (Å²) < 4.78 is 1.77. The molecule has 0 saturated carbocycles. The van der Waals surface area contributed by atoms with Crippen LogP contribution in [0.15, 0.2) is 23.7 Å². The van der Waals surface area contributed by atoms with Crippen LogP contribution in [0.5, 0.6) is 0 Å². The Hall–Kier alpha value is -2.15. The highest BCUT2D eigenvalue weighted by Gasteiger charge is 2.12. The quantitative estimate of drug-likeness (QED) is 0.782. The molecule has 0 atom stereocenters. The first-order chi connectivity index (χ1) is 10.1. The van der Waals surface area contributed by atoms with Crippen molar-refractivity contribution in [2.45, 2.75) is 6.42 Å². The highest BCUT2D eigenvalue weighted by atomic mass is 32.1. The Morgan fingerprint density at radius 1 is 1.33 bits per heavy atom. The van der Waals surface area contributed by atoms with E-state index in [1.165, 1.54) is 4.88 Å². The molecule has 3 aromatic rings. The molecule has 110 valence electrons. The van der Waals surface area contributed by atoms with Crippen LogP contribution >= 0.6 is 11.3 Å². The van der Waals surface area contributed by atoms with Crippen LogP contribution in [0.4, 0.5) is 11.8 Å². The summed E-state index contributed by atoms with van der Waals surface area (Å²) in [5.41, 5.74) is 0.840. The Balaban J connectivity index is 1.85. The summed E-state index contributed by atoms with van der Waals surface area (Å²) in [5.74, 6) is 1.53. The number of fused-ring (bicyclic) bond motifs is 1. The number of rotatable bonds is 5. The number of nitrogens with zero attached hydrogens (tertiary/aromatic N) is 5. The van der Waals surface area contributed by atoms with Gasteiger partial charge in [-0.05, 0) is 17.9 Å². The van der Waals surface area contributed by atoms with E-state index in [9.17, 15) is 0 Å². The van der Waals surface area contributed by atoms with Gasteiger partial charge in [0.1, 0.15) is 5.82 Å². The normalized spacial score (nSPS) is 11.0. The molecule has 0 aromatic carbocycles. The third-order valence-corrected chi connectivity index (χ3v) is 4.16. The first-order valence-corrected chi connectivity index (χ1v) is 7.66. The van der Waals surface area contributed by atoms with E-state index in [1.807, 2.05) is 32.2 Å². The highest BCUT2D eigenvalue weighted by molar-refractivity contribution is 7.09. The zero-order chi connectivity index (χ0) is 14.8. The number of anilines is 2. The predicted molar refractivity (Wildman–Crippen MR) is 87.1 cm³/mol. The summed E-state index contributed by atoms with van der Waals surface area (Å²) in [6, 6.07) is 4.23. The first-order valence-electron chi connectivity index (χ1n) is 6.78. The number of aryl methyl sites for hydroxylation is 1. The van der Waals surface area contributed by atoms with Crippen molar-refractivity contribution >= 4 is 34.1 Å². The summed E-state index contributed by atoms with van der Waals surface area (Å²) in [6.45, 7) is 0.842. The minimum absolute atomic E-state index is 0.685. The molecule has 0 amide bonds. The zero-order valence-corrected chi connectivity index (χ0v) is 13.2. The minimum atomic E-state index is 0.685. The fraction of sp³-hybridized carbons (Fsp3) is 0.357. The molecule has 0 unspecified atom stereocenters. The molecule has 0 fully saturated rings. The Kier molecular flexibility index (Phi) is 3.74. The van der Waals surface area contributed by atoms with Gasteiger partial charge < -0.3 is 10.2 Å². The molecule has 3 aromatic heterocycles. The Morgan fingerprint density at radius 3 is 2.90 bits per heavy atom. The van der Waals surface area contributed by atoms with Crippen molar-refractivity contribution in [3.05, 3.63) is 28.6 Å². The molecule has 0 aliphatic carbocycles. The summed E-state index contributed by atoms with van der Waals surface area (Å²) in [6.07, 6.45) is 2.79. The molecule has 6 nitrogen and oxygen atoms in total. The topological polar surface area (TPSA) is 58.9 Å². The lowest BCUT2D eigenvalue weighted by molar-refractivity contribution is 0.784. The van der Waals surface area contributed by atoms with Gasteiger partial charge in [0.2, 0.25) is 5.95 Å². The standard InChI is InChI=1S/C14H18N6S/c1-19(2)14-17-12(11-9-16-20(3)13(11)18-14)15-7-6-10-5-4-8-21-10/h4-5,8-9H,6-7H2,1-3H3,(H,15,17,18). The molecular weight excluding hydrogens is 284 g/mol. The van der Waals surface area contributed by atoms with Gasteiger partial charge in [-0.2, -0.15) is 15.1 Å². The molecule has 1 N–H and O–H groups in total. The van der Waals surface area contributed by atoms with Crippen LogP contribution in [-0.2, 0) is 13.5 Å². The van der Waals surface area contributed by atoms with E-state index in [4.69, 9.17) is 0 Å². The average Bonchev–Trinajstić information content (AvgIpc) is 3.09. The van der Waals surface area contributed by atoms with Crippen LogP contribution in [0, 0.1) is 0 Å². The molecule has 3 rings (SSSR count). The largest absolute Gasteiger partial charge is 0.369 e. The zero-order valence-electron chi connectivity index (χ0n) is 12.4. The average molecular weight is 302 g/mol. The minimum Gasteiger partial charge on any atom is -0.369 e. The summed E-state index contributed by atoms with van der Waals surface area (Å²) in [7, 11) is 5.77. The SMILES string of the molecule is CN(C)c1nc(NCCc2cccs2)c2cnn(C)c2n1. The molecule has 0 radical (unpaired) electrons. The number of aromatic nitrogens is 4. The van der Waals surface area contributed by atoms with Crippen molar-refractivity contribution in [2.75, 3.05) is 30.9 Å². The Labute approximate surface area is 127 Å². The van der Waals surface area contributed by atoms with Crippen molar-refractivity contribution in [3.63, 3.8) is 0 Å². The lowest BCUT2D eigenvalue weighted by Crippen LogP contribution is -2.15. The molecule has 21 heavy (non-hydrogen) atoms. The van der Waals surface area contributed by atoms with Gasteiger partial charge in [-0.15, -0.1) is 11.3 Å². The van der Waals surface area contributed by atoms with Crippen LogP contribution in [0.3, 0.4) is 0 Å². The van der Waals surface area contributed by atoms with E-state index in [0.717, 1.165) is 29.8 Å². The fourth-order valence-electron chi connectivity index (χ4n) is 2.10. The molecule has 7 heteroatoms. The third-order valence-electron chi connectivity index (χ3n) is 3.22. The van der Waals surface area contributed by atoms with Gasteiger partial charge in [-0.25, -0.2) is 0 Å². The smallest absolute Gasteiger partial charge is 0.228 e. The van der Waals surface area contributed by atoms with Crippen molar-refractivity contribution in [1.82, 2.24) is 19.7 Å². The molecular formula is C14H18N6S. The van der Waals surface area contributed by atoms with Gasteiger partial charge in [0, 0.05) is 32.6 Å². The number of hydrogen-bond acceptors (Lipinski definition) is 6. The van der Waals surface area contributed by atoms with Gasteiger partial charge in [0.05, 0.1) is 11.6 Å². The molecule has 0 spiro atoms. The highest BCUT2D eigenvalue weighted by Crippen LogP contribution is 2.22. The van der Waals surface area contributed by atoms with Gasteiger partial charge in [-0.1, -0.05) is 6.07 Å². The number of hydrogen-bond donors (Lipinski definition) is 1. The van der Waals surface area contributed by atoms with Crippen LogP contribution < -0.4 is 10.2 Å². The summed E-state index contributed by atoms with van der Waals surface area (Å²) in [5, 5.41) is 10.7. The van der Waals surface area contributed by atoms with E-state index in [0.29, 0.717) is 5.95 Å². The van der Waals surface area contributed by atoms with E-state index < -0.39 is 0 Å². The molecule has 0 saturated heterocycles. The second-order valence-electron chi connectivity index (χ2n) is 5.03. The van der Waals surface area contributed by atoms with E-state index in [1.54, 1.807) is 16.0 Å². The van der Waals surface area contributed by atoms with Crippen molar-refractivity contribution < 1.29 is 0 Å². The second-order valence-corrected chi connectivity index (χ2v) is 6.06. The second kappa shape index (κ2) is 5.69. The summed E-state index contributed by atoms with van der Waals surface area (Å²) >= 11 is 1.78. The molecule has 3 heterocycles. The van der Waals surface area contributed by atoms with E-state index in [2.05, 4.69) is 37.9 Å². The third kappa shape index (κ3) is 2.82. The first kappa shape index (κ1) is 13.8. The van der Waals surface area contributed by atoms with E-state index in [-0.39, 0.29) is 0 Å². The van der Waals surface area contributed by atoms with Crippen molar-refractivity contribution in [3.8, 4) is 0 Å². The van der Waals surface area contributed by atoms with Gasteiger partial charge in [-0.3, -0.25) is 4.68 Å². The fourth-order valence-corrected chi connectivity index (χ4v) is 2.81. The van der Waals surface area contributed by atoms with Crippen LogP contribution in [0.2, 0.25) is 0 Å². The maximum Gasteiger partial charge on any atom is 0.228 e. The number of thiophene rings is 1. The van der Waals surface area contributed by atoms with Crippen LogP contribution in [0.1, 0.15) is 4.88 Å². The molecule has 0 aliphatic rings. The van der Waals surface area contributed by atoms with Gasteiger partial charge in [0.25, 0.3) is 0 Å². The lowest BCUT2D eigenvalue weighted by Gasteiger charge is -2.13. The van der Waals surface area contributed by atoms with Crippen LogP contribution in [0.25, 0.3) is 11.0 Å². The summed E-state index contributed by atoms with van der Waals surface area (Å²) in [4.78, 5) is 12.4. The van der Waals surface area contributed by atoms with Crippen molar-refractivity contribution in [2.24, 2.45) is 7.05 Å². The van der Waals surface area contributed by atoms with Gasteiger partial charge >= 0.3 is 0 Å². The van der Waals surface area contributed by atoms with Crippen molar-refractivity contribution in [1.29, 1.82) is 0 Å². The molecule has 0 aliphatic heterocycles. The monoisotopic (exact) mass is 302 g/mol. The predicted octanol–water partition coefficient (Wildman–Crippen LogP) is 2.15. The van der Waals surface area contributed by atoms with Crippen LogP contribution in [-0.4, -0.2) is 40.4 Å². The van der Waals surface area contributed by atoms with Gasteiger partial charge in [0.15, 0.2) is 5.65 Å². The lowest BCUT2D eigenvalue weighted by atomic mass is 10.3. The number of nitrogens with one attached hydrogen (secondary N) is 1. The maximum absolute atomic E-state index is 4.59. The molecule has 0 bridgehead atoms. The Bertz CT molecular complexity index is 731. The Morgan fingerprint density at radius 2 is 2.19 bits per heavy atom. The van der Waals surface area contributed by atoms with E-state index >= 15 is 0 Å².